The molecule has 158 valence electrons. The zero-order chi connectivity index (χ0) is 21.2. The fourth-order valence-corrected chi connectivity index (χ4v) is 3.03. The minimum Gasteiger partial charge on any atom is -0.489 e. The van der Waals surface area contributed by atoms with Gasteiger partial charge in [0, 0.05) is 6.54 Å². The molecule has 3 aromatic rings. The molecule has 0 aliphatic heterocycles. The molecule has 2 aromatic carbocycles. The number of hydrogen-bond acceptors (Lipinski definition) is 4. The number of guanidine groups is 1. The fourth-order valence-electron chi connectivity index (χ4n) is 3.03. The van der Waals surface area contributed by atoms with Crippen molar-refractivity contribution in [3.8, 4) is 5.75 Å². The van der Waals surface area contributed by atoms with Crippen LogP contribution in [0.5, 0.6) is 5.75 Å². The van der Waals surface area contributed by atoms with Crippen LogP contribution in [0.2, 0.25) is 0 Å². The zero-order valence-corrected chi connectivity index (χ0v) is 17.9. The van der Waals surface area contributed by atoms with Crippen LogP contribution in [-0.2, 0) is 13.1 Å². The van der Waals surface area contributed by atoms with Crippen LogP contribution in [0, 0.1) is 6.92 Å². The molecule has 0 aliphatic carbocycles. The fraction of sp³-hybridized carbons (Fsp3) is 0.348. The second-order valence-electron chi connectivity index (χ2n) is 7.18. The van der Waals surface area contributed by atoms with Gasteiger partial charge in [0.05, 0.1) is 19.6 Å². The van der Waals surface area contributed by atoms with E-state index in [0.29, 0.717) is 19.6 Å². The van der Waals surface area contributed by atoms with E-state index in [1.165, 1.54) is 5.56 Å². The van der Waals surface area contributed by atoms with Crippen molar-refractivity contribution < 1.29 is 4.74 Å². The molecule has 1 aromatic heterocycles. The molecule has 0 fully saturated rings. The number of aromatic nitrogens is 3. The lowest BCUT2D eigenvalue weighted by atomic mass is 10.1. The third-order valence-electron chi connectivity index (χ3n) is 4.55. The largest absolute Gasteiger partial charge is 0.489 e. The van der Waals surface area contributed by atoms with Gasteiger partial charge in [-0.2, -0.15) is 5.10 Å². The predicted molar refractivity (Wildman–Crippen MR) is 120 cm³/mol. The number of aryl methyl sites for hydroxylation is 1. The third-order valence-corrected chi connectivity index (χ3v) is 4.55. The van der Waals surface area contributed by atoms with Gasteiger partial charge in [-0.15, -0.1) is 0 Å². The van der Waals surface area contributed by atoms with E-state index in [0.717, 1.165) is 29.4 Å². The summed E-state index contributed by atoms with van der Waals surface area (Å²) in [6, 6.07) is 16.4. The highest BCUT2D eigenvalue weighted by atomic mass is 16.5. The van der Waals surface area contributed by atoms with Gasteiger partial charge in [0.25, 0.3) is 0 Å². The molecule has 2 N–H and O–H groups in total. The maximum Gasteiger partial charge on any atom is 0.191 e. The van der Waals surface area contributed by atoms with Gasteiger partial charge in [-0.1, -0.05) is 42.5 Å². The Morgan fingerprint density at radius 2 is 1.97 bits per heavy atom. The monoisotopic (exact) mass is 406 g/mol. The first-order chi connectivity index (χ1) is 14.6. The summed E-state index contributed by atoms with van der Waals surface area (Å²) in [4.78, 5) is 8.71. The van der Waals surface area contributed by atoms with Crippen molar-refractivity contribution in [2.45, 2.75) is 40.0 Å². The lowest BCUT2D eigenvalue weighted by Gasteiger charge is -2.18. The molecule has 0 saturated carbocycles. The van der Waals surface area contributed by atoms with Crippen molar-refractivity contribution in [1.29, 1.82) is 0 Å². The Kier molecular flexibility index (Phi) is 7.83. The molecule has 0 bridgehead atoms. The van der Waals surface area contributed by atoms with Crippen LogP contribution in [0.4, 0.5) is 0 Å². The van der Waals surface area contributed by atoms with E-state index in [9.17, 15) is 0 Å². The maximum atomic E-state index is 6.04. The van der Waals surface area contributed by atoms with Gasteiger partial charge in [0.2, 0.25) is 0 Å². The van der Waals surface area contributed by atoms with Gasteiger partial charge in [0.15, 0.2) is 5.96 Å². The van der Waals surface area contributed by atoms with Crippen LogP contribution < -0.4 is 15.4 Å². The molecular weight excluding hydrogens is 376 g/mol. The molecular formula is C23H30N6O. The van der Waals surface area contributed by atoms with Crippen LogP contribution in [0.3, 0.4) is 0 Å². The molecule has 0 amide bonds. The van der Waals surface area contributed by atoms with Crippen LogP contribution >= 0.6 is 0 Å². The van der Waals surface area contributed by atoms with Gasteiger partial charge in [-0.3, -0.25) is 0 Å². The number of aliphatic imine (C=N–C) groups is 1. The number of nitrogens with zero attached hydrogens (tertiary/aromatic N) is 4. The first-order valence-corrected chi connectivity index (χ1v) is 10.3. The SMILES string of the molecule is CCNC(=NCc1cccc(Cn2cncn2)c1)NCC(C)Oc1ccccc1C. The lowest BCUT2D eigenvalue weighted by Crippen LogP contribution is -2.41. The summed E-state index contributed by atoms with van der Waals surface area (Å²) >= 11 is 0. The smallest absolute Gasteiger partial charge is 0.191 e. The van der Waals surface area contributed by atoms with Crippen molar-refractivity contribution in [3.05, 3.63) is 77.9 Å². The van der Waals surface area contributed by atoms with Crippen molar-refractivity contribution in [1.82, 2.24) is 25.4 Å². The maximum absolute atomic E-state index is 6.04. The third kappa shape index (κ3) is 6.62. The van der Waals surface area contributed by atoms with Gasteiger partial charge < -0.3 is 15.4 Å². The van der Waals surface area contributed by atoms with Crippen LogP contribution in [0.15, 0.2) is 66.2 Å². The summed E-state index contributed by atoms with van der Waals surface area (Å²) in [6.07, 6.45) is 3.28. The van der Waals surface area contributed by atoms with E-state index >= 15 is 0 Å². The molecule has 0 radical (unpaired) electrons. The summed E-state index contributed by atoms with van der Waals surface area (Å²) in [5, 5.41) is 10.8. The highest BCUT2D eigenvalue weighted by molar-refractivity contribution is 5.79. The van der Waals surface area contributed by atoms with Crippen LogP contribution in [0.25, 0.3) is 0 Å². The first kappa shape index (κ1) is 21.4. The van der Waals surface area contributed by atoms with E-state index in [2.05, 4.69) is 71.8 Å². The second-order valence-corrected chi connectivity index (χ2v) is 7.18. The van der Waals surface area contributed by atoms with Crippen LogP contribution in [-0.4, -0.2) is 39.9 Å². The Balaban J connectivity index is 1.55. The summed E-state index contributed by atoms with van der Waals surface area (Å²) in [7, 11) is 0. The topological polar surface area (TPSA) is 76.4 Å². The Bertz CT molecular complexity index is 938. The summed E-state index contributed by atoms with van der Waals surface area (Å²) < 4.78 is 7.85. The van der Waals surface area contributed by atoms with Crippen molar-refractivity contribution in [2.24, 2.45) is 4.99 Å². The van der Waals surface area contributed by atoms with Crippen LogP contribution in [0.1, 0.15) is 30.5 Å². The Hall–Kier alpha value is -3.35. The molecule has 30 heavy (non-hydrogen) atoms. The molecule has 3 rings (SSSR count). The highest BCUT2D eigenvalue weighted by Gasteiger charge is 2.07. The van der Waals surface area contributed by atoms with Crippen molar-refractivity contribution in [3.63, 3.8) is 0 Å². The minimum atomic E-state index is 0.0148. The van der Waals surface area contributed by atoms with E-state index in [4.69, 9.17) is 9.73 Å². The van der Waals surface area contributed by atoms with E-state index in [1.807, 2.05) is 22.9 Å². The lowest BCUT2D eigenvalue weighted by molar-refractivity contribution is 0.222. The van der Waals surface area contributed by atoms with Gasteiger partial charge in [0.1, 0.15) is 24.5 Å². The minimum absolute atomic E-state index is 0.0148. The Labute approximate surface area is 178 Å². The average Bonchev–Trinajstić information content (AvgIpc) is 3.25. The van der Waals surface area contributed by atoms with Gasteiger partial charge in [-0.05, 0) is 43.5 Å². The first-order valence-electron chi connectivity index (χ1n) is 10.3. The van der Waals surface area contributed by atoms with Crippen molar-refractivity contribution in [2.75, 3.05) is 13.1 Å². The number of hydrogen-bond donors (Lipinski definition) is 2. The van der Waals surface area contributed by atoms with Gasteiger partial charge in [-0.25, -0.2) is 14.7 Å². The molecule has 7 heteroatoms. The number of nitrogens with one attached hydrogen (secondary N) is 2. The summed E-state index contributed by atoms with van der Waals surface area (Å²) in [6.45, 7) is 8.91. The standard InChI is InChI=1S/C23H30N6O/c1-4-25-23(26-13-19(3)30-22-11-6-5-8-18(22)2)27-14-20-9-7-10-21(12-20)15-29-17-24-16-28-29/h5-12,16-17,19H,4,13-15H2,1-3H3,(H2,25,26,27). The predicted octanol–water partition coefficient (Wildman–Crippen LogP) is 3.16. The number of ether oxygens (including phenoxy) is 1. The second kappa shape index (κ2) is 11.0. The normalized spacial score (nSPS) is 12.4. The molecule has 0 spiro atoms. The average molecular weight is 407 g/mol. The van der Waals surface area contributed by atoms with E-state index < -0.39 is 0 Å². The number of para-hydroxylation sites is 1. The molecule has 0 saturated heterocycles. The number of benzene rings is 2. The Morgan fingerprint density at radius 1 is 1.13 bits per heavy atom. The molecule has 0 aliphatic rings. The number of rotatable bonds is 9. The van der Waals surface area contributed by atoms with E-state index in [1.54, 1.807) is 12.7 Å². The Morgan fingerprint density at radius 3 is 2.73 bits per heavy atom. The van der Waals surface area contributed by atoms with Gasteiger partial charge >= 0.3 is 0 Å². The highest BCUT2D eigenvalue weighted by Crippen LogP contribution is 2.17. The molecule has 7 nitrogen and oxygen atoms in total. The molecule has 1 heterocycles. The van der Waals surface area contributed by atoms with E-state index in [-0.39, 0.29) is 6.10 Å². The molecule has 1 unspecified atom stereocenters. The summed E-state index contributed by atoms with van der Waals surface area (Å²) in [5.74, 6) is 1.69. The van der Waals surface area contributed by atoms with Crippen molar-refractivity contribution >= 4 is 5.96 Å². The zero-order valence-electron chi connectivity index (χ0n) is 17.9. The summed E-state index contributed by atoms with van der Waals surface area (Å²) in [5.41, 5.74) is 3.45. The quantitative estimate of drug-likeness (QED) is 0.422. The molecule has 1 atom stereocenters.